The Bertz CT molecular complexity index is 534. The summed E-state index contributed by atoms with van der Waals surface area (Å²) in [6.45, 7) is 1.84. The van der Waals surface area contributed by atoms with E-state index >= 15 is 0 Å². The molecule has 0 aromatic heterocycles. The molecule has 0 aliphatic heterocycles. The van der Waals surface area contributed by atoms with E-state index in [2.05, 4.69) is 0 Å². The van der Waals surface area contributed by atoms with Gasteiger partial charge in [0.2, 0.25) is 0 Å². The van der Waals surface area contributed by atoms with Gasteiger partial charge in [0.25, 0.3) is 0 Å². The lowest BCUT2D eigenvalue weighted by Crippen LogP contribution is -2.03. The van der Waals surface area contributed by atoms with Gasteiger partial charge in [0.05, 0.1) is 17.6 Å². The maximum absolute atomic E-state index is 11.0. The molecule has 2 rings (SSSR count). The van der Waals surface area contributed by atoms with E-state index in [9.17, 15) is 4.79 Å². The van der Waals surface area contributed by atoms with E-state index < -0.39 is 22.1 Å². The van der Waals surface area contributed by atoms with E-state index in [1.807, 2.05) is 19.1 Å². The first-order chi connectivity index (χ1) is 7.87. The fourth-order valence-electron chi connectivity index (χ4n) is 2.11. The average molecular weight is 270 g/mol. The molecule has 0 amide bonds. The summed E-state index contributed by atoms with van der Waals surface area (Å²) in [6, 6.07) is 7.21. The summed E-state index contributed by atoms with van der Waals surface area (Å²) in [5.41, 5.74) is 2.08. The number of alkyl halides is 2. The van der Waals surface area contributed by atoms with Gasteiger partial charge in [-0.25, -0.2) is 0 Å². The molecule has 1 aliphatic rings. The Morgan fingerprint density at radius 3 is 2.59 bits per heavy atom. The van der Waals surface area contributed by atoms with Crippen LogP contribution in [0.25, 0.3) is 0 Å². The number of hydrogen-bond acceptors (Lipinski definition) is 2. The normalized spacial score (nSPS) is 25.1. The van der Waals surface area contributed by atoms with Crippen LogP contribution in [0.1, 0.15) is 22.6 Å². The predicted octanol–water partition coefficient (Wildman–Crippen LogP) is 2.84. The molecule has 1 aliphatic carbocycles. The highest BCUT2D eigenvalue weighted by atomic mass is 35.5. The van der Waals surface area contributed by atoms with Gasteiger partial charge < -0.3 is 5.11 Å². The minimum atomic E-state index is -1.27. The first kappa shape index (κ1) is 12.2. The van der Waals surface area contributed by atoms with Crippen LogP contribution in [0.15, 0.2) is 18.2 Å². The van der Waals surface area contributed by atoms with E-state index in [4.69, 9.17) is 33.6 Å². The largest absolute Gasteiger partial charge is 0.481 e. The van der Waals surface area contributed by atoms with Crippen molar-refractivity contribution in [2.75, 3.05) is 0 Å². The molecule has 1 aromatic carbocycles. The van der Waals surface area contributed by atoms with Crippen LogP contribution in [0.3, 0.4) is 0 Å². The minimum absolute atomic E-state index is 0.449. The highest BCUT2D eigenvalue weighted by Crippen LogP contribution is 2.65. The fraction of sp³-hybridized carbons (Fsp3) is 0.333. The monoisotopic (exact) mass is 269 g/mol. The molecule has 0 saturated heterocycles. The highest BCUT2D eigenvalue weighted by molar-refractivity contribution is 6.53. The third kappa shape index (κ3) is 1.99. The van der Waals surface area contributed by atoms with Crippen molar-refractivity contribution >= 4 is 29.2 Å². The maximum Gasteiger partial charge on any atom is 0.310 e. The zero-order chi connectivity index (χ0) is 12.8. The number of carboxylic acids is 1. The highest BCUT2D eigenvalue weighted by Gasteiger charge is 2.68. The molecule has 2 unspecified atom stereocenters. The minimum Gasteiger partial charge on any atom is -0.481 e. The van der Waals surface area contributed by atoms with Gasteiger partial charge >= 0.3 is 5.97 Å². The Morgan fingerprint density at radius 1 is 1.47 bits per heavy atom. The van der Waals surface area contributed by atoms with Crippen LogP contribution in [-0.4, -0.2) is 15.4 Å². The lowest BCUT2D eigenvalue weighted by molar-refractivity contribution is -0.138. The number of nitriles is 1. The number of rotatable bonds is 2. The zero-order valence-electron chi connectivity index (χ0n) is 8.95. The van der Waals surface area contributed by atoms with Crippen LogP contribution in [0.4, 0.5) is 0 Å². The van der Waals surface area contributed by atoms with Crippen molar-refractivity contribution in [1.82, 2.24) is 0 Å². The van der Waals surface area contributed by atoms with Gasteiger partial charge in [-0.15, -0.1) is 0 Å². The second-order valence-electron chi connectivity index (χ2n) is 4.21. The smallest absolute Gasteiger partial charge is 0.310 e. The van der Waals surface area contributed by atoms with Gasteiger partial charge in [-0.3, -0.25) is 4.79 Å². The van der Waals surface area contributed by atoms with Gasteiger partial charge in [-0.05, 0) is 30.2 Å². The van der Waals surface area contributed by atoms with Crippen LogP contribution in [0.5, 0.6) is 0 Å². The summed E-state index contributed by atoms with van der Waals surface area (Å²) in [6.07, 6.45) is 0. The van der Waals surface area contributed by atoms with Crippen molar-refractivity contribution in [2.24, 2.45) is 5.92 Å². The quantitative estimate of drug-likeness (QED) is 0.840. The Kier molecular flexibility index (Phi) is 2.81. The van der Waals surface area contributed by atoms with Gasteiger partial charge in [-0.1, -0.05) is 29.3 Å². The molecular formula is C12H9Cl2NO2. The average Bonchev–Trinajstić information content (AvgIpc) is 2.80. The lowest BCUT2D eigenvalue weighted by atomic mass is 10.0. The third-order valence-corrected chi connectivity index (χ3v) is 3.85. The molecule has 0 radical (unpaired) electrons. The van der Waals surface area contributed by atoms with Crippen LogP contribution in [0.2, 0.25) is 0 Å². The van der Waals surface area contributed by atoms with Crippen LogP contribution in [-0.2, 0) is 4.79 Å². The van der Waals surface area contributed by atoms with E-state index in [1.54, 1.807) is 12.1 Å². The molecular weight excluding hydrogens is 261 g/mol. The van der Waals surface area contributed by atoms with Gasteiger partial charge in [-0.2, -0.15) is 5.26 Å². The second-order valence-corrected chi connectivity index (χ2v) is 5.66. The second kappa shape index (κ2) is 3.90. The number of hydrogen-bond donors (Lipinski definition) is 1. The summed E-state index contributed by atoms with van der Waals surface area (Å²) >= 11 is 11.9. The molecule has 0 heterocycles. The standard InChI is InChI=1S/C12H9Cl2NO2/c1-6-2-7(5-15)4-8(3-6)9-10(11(16)17)12(9,13)14/h2-4,9-10H,1H3,(H,16,17). The fourth-order valence-corrected chi connectivity index (χ4v) is 2.92. The molecule has 17 heavy (non-hydrogen) atoms. The number of aliphatic carboxylic acids is 1. The molecule has 0 spiro atoms. The van der Waals surface area contributed by atoms with Crippen molar-refractivity contribution in [2.45, 2.75) is 17.2 Å². The number of nitrogens with zero attached hydrogens (tertiary/aromatic N) is 1. The molecule has 2 atom stereocenters. The maximum atomic E-state index is 11.0. The molecule has 1 saturated carbocycles. The molecule has 3 nitrogen and oxygen atoms in total. The number of aryl methyl sites for hydroxylation is 1. The van der Waals surface area contributed by atoms with Crippen molar-refractivity contribution in [3.63, 3.8) is 0 Å². The Hall–Kier alpha value is -1.24. The first-order valence-electron chi connectivity index (χ1n) is 5.00. The Balaban J connectivity index is 2.41. The molecule has 0 bridgehead atoms. The molecule has 1 aromatic rings. The molecule has 1 fully saturated rings. The van der Waals surface area contributed by atoms with Crippen LogP contribution in [0, 0.1) is 24.2 Å². The van der Waals surface area contributed by atoms with E-state index in [0.717, 1.165) is 5.56 Å². The van der Waals surface area contributed by atoms with Crippen molar-refractivity contribution in [3.8, 4) is 6.07 Å². The summed E-state index contributed by atoms with van der Waals surface area (Å²) < 4.78 is -1.27. The lowest BCUT2D eigenvalue weighted by Gasteiger charge is -2.03. The number of carboxylic acid groups (broad SMARTS) is 1. The van der Waals surface area contributed by atoms with Crippen molar-refractivity contribution in [1.29, 1.82) is 5.26 Å². The van der Waals surface area contributed by atoms with Gasteiger partial charge in [0.1, 0.15) is 4.33 Å². The summed E-state index contributed by atoms with van der Waals surface area (Å²) in [5, 5.41) is 17.8. The van der Waals surface area contributed by atoms with E-state index in [1.165, 1.54) is 0 Å². The van der Waals surface area contributed by atoms with Gasteiger partial charge in [0, 0.05) is 5.92 Å². The molecule has 5 heteroatoms. The topological polar surface area (TPSA) is 61.1 Å². The third-order valence-electron chi connectivity index (χ3n) is 2.91. The molecule has 1 N–H and O–H groups in total. The van der Waals surface area contributed by atoms with Crippen molar-refractivity contribution < 1.29 is 9.90 Å². The predicted molar refractivity (Wildman–Crippen MR) is 64.2 cm³/mol. The van der Waals surface area contributed by atoms with Gasteiger partial charge in [0.15, 0.2) is 0 Å². The van der Waals surface area contributed by atoms with E-state index in [0.29, 0.717) is 11.1 Å². The first-order valence-corrected chi connectivity index (χ1v) is 5.76. The number of halogens is 2. The Morgan fingerprint density at radius 2 is 2.12 bits per heavy atom. The number of benzene rings is 1. The summed E-state index contributed by atoms with van der Waals surface area (Å²) in [5.74, 6) is -2.27. The summed E-state index contributed by atoms with van der Waals surface area (Å²) in [7, 11) is 0. The zero-order valence-corrected chi connectivity index (χ0v) is 10.5. The van der Waals surface area contributed by atoms with Crippen molar-refractivity contribution in [3.05, 3.63) is 34.9 Å². The van der Waals surface area contributed by atoms with Crippen LogP contribution < -0.4 is 0 Å². The Labute approximate surface area is 109 Å². The van der Waals surface area contributed by atoms with E-state index in [-0.39, 0.29) is 0 Å². The molecule has 88 valence electrons. The summed E-state index contributed by atoms with van der Waals surface area (Å²) in [4.78, 5) is 11.0. The van der Waals surface area contributed by atoms with Crippen LogP contribution >= 0.6 is 23.2 Å². The number of carbonyl (C=O) groups is 1. The SMILES string of the molecule is Cc1cc(C#N)cc(C2C(C(=O)O)C2(Cl)Cl)c1.